The van der Waals surface area contributed by atoms with Crippen molar-refractivity contribution in [3.8, 4) is 0 Å². The first-order valence-corrected chi connectivity index (χ1v) is 6.48. The number of likely N-dealkylation sites (N-methyl/N-ethyl adjacent to an activating group) is 1. The summed E-state index contributed by atoms with van der Waals surface area (Å²) in [5.41, 5.74) is 2.63. The topological polar surface area (TPSA) is 45.1 Å². The van der Waals surface area contributed by atoms with Gasteiger partial charge in [0.1, 0.15) is 10.4 Å². The Balaban J connectivity index is 2.20. The average Bonchev–Trinajstić information content (AvgIpc) is 2.83. The van der Waals surface area contributed by atoms with Gasteiger partial charge in [-0.3, -0.25) is 4.40 Å². The minimum Gasteiger partial charge on any atom is -0.326 e. The lowest BCUT2D eigenvalue weighted by Gasteiger charge is -1.98. The smallest absolute Gasteiger partial charge is 0.213 e. The summed E-state index contributed by atoms with van der Waals surface area (Å²) in [6.45, 7) is 0.884. The first-order valence-electron chi connectivity index (χ1n) is 5.69. The van der Waals surface area contributed by atoms with Gasteiger partial charge in [0.05, 0.1) is 16.7 Å². The fourth-order valence-corrected chi connectivity index (χ4v) is 2.73. The Labute approximate surface area is 111 Å². The van der Waals surface area contributed by atoms with Crippen LogP contribution in [0.15, 0.2) is 22.8 Å². The zero-order chi connectivity index (χ0) is 12.7. The lowest BCUT2D eigenvalue weighted by molar-refractivity contribution is 0.629. The minimum atomic E-state index is -0.269. The van der Waals surface area contributed by atoms with Crippen LogP contribution < -0.4 is 5.32 Å². The number of benzene rings is 1. The molecule has 2 N–H and O–H groups in total. The lowest BCUT2D eigenvalue weighted by atomic mass is 10.3. The second kappa shape index (κ2) is 4.37. The molecule has 4 nitrogen and oxygen atoms in total. The summed E-state index contributed by atoms with van der Waals surface area (Å²) >= 11 is 3.57. The van der Waals surface area contributed by atoms with Crippen molar-refractivity contribution in [2.45, 2.75) is 6.42 Å². The summed E-state index contributed by atoms with van der Waals surface area (Å²) < 4.78 is 16.0. The van der Waals surface area contributed by atoms with Crippen LogP contribution >= 0.6 is 15.9 Å². The molecule has 1 aromatic carbocycles. The molecule has 0 saturated heterocycles. The minimum absolute atomic E-state index is 0.269. The highest BCUT2D eigenvalue weighted by atomic mass is 79.9. The number of H-pyrrole nitrogens is 1. The second-order valence-electron chi connectivity index (χ2n) is 4.15. The molecule has 6 heteroatoms. The van der Waals surface area contributed by atoms with Gasteiger partial charge in [0.2, 0.25) is 5.78 Å². The maximum absolute atomic E-state index is 13.1. The molecular weight excluding hydrogens is 299 g/mol. The van der Waals surface area contributed by atoms with E-state index in [4.69, 9.17) is 0 Å². The van der Waals surface area contributed by atoms with Gasteiger partial charge < -0.3 is 10.3 Å². The standard InChI is InChI=1S/C12H12BrFN4/c1-15-5-4-8-11(13)18-10-3-2-7(14)6-9(10)17-12(18)16-8/h2-3,6,15H,4-5H2,1H3,(H,16,17). The highest BCUT2D eigenvalue weighted by Crippen LogP contribution is 2.25. The molecular formula is C12H12BrFN4. The number of hydrogen-bond donors (Lipinski definition) is 2. The molecule has 0 atom stereocenters. The van der Waals surface area contributed by atoms with Crippen LogP contribution in [-0.2, 0) is 6.42 Å². The Morgan fingerprint density at radius 3 is 3.11 bits per heavy atom. The fourth-order valence-electron chi connectivity index (χ4n) is 2.07. The molecule has 0 amide bonds. The van der Waals surface area contributed by atoms with Crippen molar-refractivity contribution < 1.29 is 4.39 Å². The highest BCUT2D eigenvalue weighted by molar-refractivity contribution is 9.10. The van der Waals surface area contributed by atoms with Crippen LogP contribution in [-0.4, -0.2) is 28.0 Å². The number of nitrogens with one attached hydrogen (secondary N) is 2. The quantitative estimate of drug-likeness (QED) is 0.780. The molecule has 0 spiro atoms. The maximum atomic E-state index is 13.1. The molecule has 0 bridgehead atoms. The molecule has 0 aliphatic carbocycles. The molecule has 3 rings (SSSR count). The number of aromatic amines is 1. The third kappa shape index (κ3) is 1.72. The van der Waals surface area contributed by atoms with Crippen LogP contribution in [0.1, 0.15) is 5.69 Å². The van der Waals surface area contributed by atoms with Gasteiger partial charge in [-0.1, -0.05) is 0 Å². The monoisotopic (exact) mass is 310 g/mol. The van der Waals surface area contributed by atoms with Crippen LogP contribution in [0.25, 0.3) is 16.8 Å². The van der Waals surface area contributed by atoms with E-state index in [0.29, 0.717) is 5.52 Å². The van der Waals surface area contributed by atoms with Gasteiger partial charge in [-0.2, -0.15) is 0 Å². The number of imidazole rings is 2. The molecule has 0 radical (unpaired) electrons. The average molecular weight is 311 g/mol. The molecule has 18 heavy (non-hydrogen) atoms. The SMILES string of the molecule is CNCCc1[nH]c2nc3cc(F)ccc3n2c1Br. The molecule has 0 unspecified atom stereocenters. The lowest BCUT2D eigenvalue weighted by Crippen LogP contribution is -2.10. The largest absolute Gasteiger partial charge is 0.326 e. The molecule has 3 aromatic rings. The first-order chi connectivity index (χ1) is 8.70. The Morgan fingerprint density at radius 1 is 1.50 bits per heavy atom. The summed E-state index contributed by atoms with van der Waals surface area (Å²) in [4.78, 5) is 7.63. The molecule has 0 aliphatic heterocycles. The van der Waals surface area contributed by atoms with Crippen molar-refractivity contribution >= 4 is 32.7 Å². The van der Waals surface area contributed by atoms with Gasteiger partial charge in [0.15, 0.2) is 0 Å². The van der Waals surface area contributed by atoms with E-state index in [0.717, 1.165) is 34.6 Å². The van der Waals surface area contributed by atoms with E-state index < -0.39 is 0 Å². The summed E-state index contributed by atoms with van der Waals surface area (Å²) in [6, 6.07) is 4.63. The van der Waals surface area contributed by atoms with Crippen molar-refractivity contribution in [2.75, 3.05) is 13.6 Å². The van der Waals surface area contributed by atoms with Crippen molar-refractivity contribution in [2.24, 2.45) is 0 Å². The Hall–Kier alpha value is -1.40. The molecule has 94 valence electrons. The first kappa shape index (κ1) is 11.7. The van der Waals surface area contributed by atoms with Crippen molar-refractivity contribution in [1.82, 2.24) is 19.7 Å². The molecule has 0 fully saturated rings. The Bertz CT molecular complexity index is 716. The summed E-state index contributed by atoms with van der Waals surface area (Å²) in [7, 11) is 1.92. The van der Waals surface area contributed by atoms with Gasteiger partial charge in [-0.25, -0.2) is 9.37 Å². The van der Waals surface area contributed by atoms with E-state index in [-0.39, 0.29) is 5.82 Å². The van der Waals surface area contributed by atoms with Crippen LogP contribution in [0.5, 0.6) is 0 Å². The zero-order valence-electron chi connectivity index (χ0n) is 9.80. The van der Waals surface area contributed by atoms with Crippen LogP contribution in [0.4, 0.5) is 4.39 Å². The number of fused-ring (bicyclic) bond motifs is 3. The molecule has 2 aromatic heterocycles. The van der Waals surface area contributed by atoms with E-state index in [2.05, 4.69) is 31.2 Å². The second-order valence-corrected chi connectivity index (χ2v) is 4.90. The van der Waals surface area contributed by atoms with Gasteiger partial charge in [-0.05, 0) is 35.1 Å². The number of halogens is 2. The maximum Gasteiger partial charge on any atom is 0.213 e. The third-order valence-electron chi connectivity index (χ3n) is 2.95. The van der Waals surface area contributed by atoms with Crippen LogP contribution in [0.3, 0.4) is 0 Å². The highest BCUT2D eigenvalue weighted by Gasteiger charge is 2.13. The van der Waals surface area contributed by atoms with E-state index in [1.165, 1.54) is 12.1 Å². The van der Waals surface area contributed by atoms with Gasteiger partial charge >= 0.3 is 0 Å². The van der Waals surface area contributed by atoms with E-state index in [1.54, 1.807) is 6.07 Å². The fraction of sp³-hybridized carbons (Fsp3) is 0.250. The third-order valence-corrected chi connectivity index (χ3v) is 3.78. The zero-order valence-corrected chi connectivity index (χ0v) is 11.4. The van der Waals surface area contributed by atoms with Crippen LogP contribution in [0, 0.1) is 5.82 Å². The number of hydrogen-bond acceptors (Lipinski definition) is 2. The predicted octanol–water partition coefficient (Wildman–Crippen LogP) is 2.48. The van der Waals surface area contributed by atoms with Crippen LogP contribution in [0.2, 0.25) is 0 Å². The number of aromatic nitrogens is 3. The van der Waals surface area contributed by atoms with Gasteiger partial charge in [-0.15, -0.1) is 0 Å². The van der Waals surface area contributed by atoms with Crippen molar-refractivity contribution in [3.05, 3.63) is 34.3 Å². The van der Waals surface area contributed by atoms with E-state index in [9.17, 15) is 4.39 Å². The Morgan fingerprint density at radius 2 is 2.33 bits per heavy atom. The van der Waals surface area contributed by atoms with E-state index in [1.807, 2.05) is 11.4 Å². The number of rotatable bonds is 3. The van der Waals surface area contributed by atoms with Crippen molar-refractivity contribution in [1.29, 1.82) is 0 Å². The number of nitrogens with zero attached hydrogens (tertiary/aromatic N) is 2. The Kier molecular flexibility index (Phi) is 2.83. The summed E-state index contributed by atoms with van der Waals surface area (Å²) in [5, 5.41) is 3.10. The summed E-state index contributed by atoms with van der Waals surface area (Å²) in [6.07, 6.45) is 0.878. The van der Waals surface area contributed by atoms with Crippen molar-refractivity contribution in [3.63, 3.8) is 0 Å². The van der Waals surface area contributed by atoms with E-state index >= 15 is 0 Å². The van der Waals surface area contributed by atoms with Gasteiger partial charge in [0.25, 0.3) is 0 Å². The molecule has 2 heterocycles. The normalized spacial score (nSPS) is 11.7. The predicted molar refractivity (Wildman–Crippen MR) is 72.3 cm³/mol. The molecule has 0 aliphatic rings. The van der Waals surface area contributed by atoms with Gasteiger partial charge in [0, 0.05) is 19.0 Å². The molecule has 0 saturated carbocycles. The summed E-state index contributed by atoms with van der Waals surface area (Å²) in [5.74, 6) is 0.461.